The molecule has 6 heteroatoms. The molecule has 0 saturated heterocycles. The molecule has 33 heavy (non-hydrogen) atoms. The van der Waals surface area contributed by atoms with Crippen LogP contribution in [0.5, 0.6) is 11.5 Å². The Hall–Kier alpha value is -4.37. The number of hydrogen-bond acceptors (Lipinski definition) is 5. The Morgan fingerprint density at radius 2 is 1.94 bits per heavy atom. The Labute approximate surface area is 193 Å². The lowest BCUT2D eigenvalue weighted by Crippen LogP contribution is -2.02. The number of aryl methyl sites for hydroxylation is 1. The summed E-state index contributed by atoms with van der Waals surface area (Å²) in [5, 5.41) is 20.7. The van der Waals surface area contributed by atoms with Gasteiger partial charge in [-0.15, -0.1) is 6.58 Å². The number of nitro benzene ring substituents is 1. The average Bonchev–Trinajstić information content (AvgIpc) is 2.82. The van der Waals surface area contributed by atoms with E-state index >= 15 is 0 Å². The molecule has 0 spiro atoms. The van der Waals surface area contributed by atoms with Crippen LogP contribution in [-0.4, -0.2) is 12.0 Å². The van der Waals surface area contributed by atoms with Gasteiger partial charge in [0.05, 0.1) is 23.7 Å². The molecule has 0 fully saturated rings. The van der Waals surface area contributed by atoms with Crippen molar-refractivity contribution in [3.8, 4) is 17.6 Å². The van der Waals surface area contributed by atoms with Gasteiger partial charge in [-0.25, -0.2) is 0 Å². The first-order valence-corrected chi connectivity index (χ1v) is 10.3. The van der Waals surface area contributed by atoms with E-state index < -0.39 is 4.92 Å². The van der Waals surface area contributed by atoms with Crippen molar-refractivity contribution in [3.05, 3.63) is 111 Å². The zero-order chi connectivity index (χ0) is 23.8. The maximum Gasteiger partial charge on any atom is 0.269 e. The molecule has 3 aromatic carbocycles. The summed E-state index contributed by atoms with van der Waals surface area (Å²) in [6, 6.07) is 20.1. The fraction of sp³-hybridized carbons (Fsp3) is 0.148. The molecule has 6 nitrogen and oxygen atoms in total. The van der Waals surface area contributed by atoms with Crippen LogP contribution in [0.4, 0.5) is 5.69 Å². The summed E-state index contributed by atoms with van der Waals surface area (Å²) in [4.78, 5) is 10.6. The highest BCUT2D eigenvalue weighted by Crippen LogP contribution is 2.35. The molecule has 0 saturated carbocycles. The molecule has 0 bridgehead atoms. The molecule has 0 aromatic heterocycles. The van der Waals surface area contributed by atoms with Crippen LogP contribution in [-0.2, 0) is 13.0 Å². The van der Waals surface area contributed by atoms with Gasteiger partial charge < -0.3 is 9.47 Å². The van der Waals surface area contributed by atoms with Crippen molar-refractivity contribution in [2.24, 2.45) is 0 Å². The van der Waals surface area contributed by atoms with Crippen LogP contribution in [0.2, 0.25) is 0 Å². The van der Waals surface area contributed by atoms with Gasteiger partial charge in [0, 0.05) is 17.7 Å². The zero-order valence-corrected chi connectivity index (χ0v) is 18.6. The molecule has 3 rings (SSSR count). The van der Waals surface area contributed by atoms with E-state index in [0.29, 0.717) is 29.1 Å². The van der Waals surface area contributed by atoms with Crippen LogP contribution in [0.15, 0.2) is 73.3 Å². The van der Waals surface area contributed by atoms with Gasteiger partial charge in [0.25, 0.3) is 5.69 Å². The molecule has 166 valence electrons. The van der Waals surface area contributed by atoms with E-state index in [4.69, 9.17) is 9.47 Å². The smallest absolute Gasteiger partial charge is 0.269 e. The first-order valence-electron chi connectivity index (χ1n) is 10.3. The van der Waals surface area contributed by atoms with Crippen molar-refractivity contribution in [2.75, 3.05) is 7.11 Å². The summed E-state index contributed by atoms with van der Waals surface area (Å²) >= 11 is 0. The number of rotatable bonds is 9. The van der Waals surface area contributed by atoms with Crippen LogP contribution in [0.25, 0.3) is 11.6 Å². The second-order valence-electron chi connectivity index (χ2n) is 7.46. The first kappa shape index (κ1) is 23.3. The molecular formula is C27H24N2O4. The summed E-state index contributed by atoms with van der Waals surface area (Å²) in [5.74, 6) is 1.04. The second-order valence-corrected chi connectivity index (χ2v) is 7.46. The number of nitro groups is 1. The van der Waals surface area contributed by atoms with Gasteiger partial charge in [0.15, 0.2) is 11.5 Å². The summed E-state index contributed by atoms with van der Waals surface area (Å²) in [7, 11) is 1.55. The molecule has 0 radical (unpaired) electrons. The highest BCUT2D eigenvalue weighted by Gasteiger charge is 2.14. The number of ether oxygens (including phenoxy) is 2. The Kier molecular flexibility index (Phi) is 7.61. The van der Waals surface area contributed by atoms with E-state index in [1.807, 2.05) is 43.3 Å². The molecule has 0 aliphatic heterocycles. The van der Waals surface area contributed by atoms with Crippen molar-refractivity contribution in [3.63, 3.8) is 0 Å². The van der Waals surface area contributed by atoms with Gasteiger partial charge >= 0.3 is 0 Å². The molecule has 0 amide bonds. The fourth-order valence-electron chi connectivity index (χ4n) is 3.38. The van der Waals surface area contributed by atoms with Crippen LogP contribution < -0.4 is 9.47 Å². The quantitative estimate of drug-likeness (QED) is 0.128. The molecule has 0 aliphatic carbocycles. The number of benzene rings is 3. The minimum Gasteiger partial charge on any atom is -0.493 e. The number of nitrogens with zero attached hydrogens (tertiary/aromatic N) is 2. The molecule has 0 heterocycles. The van der Waals surface area contributed by atoms with Crippen LogP contribution >= 0.6 is 0 Å². The lowest BCUT2D eigenvalue weighted by Gasteiger charge is -2.16. The summed E-state index contributed by atoms with van der Waals surface area (Å²) in [6.45, 7) is 5.97. The maximum atomic E-state index is 11.0. The van der Waals surface area contributed by atoms with E-state index in [9.17, 15) is 15.4 Å². The number of allylic oxidation sites excluding steroid dienone is 2. The monoisotopic (exact) mass is 440 g/mol. The van der Waals surface area contributed by atoms with Crippen molar-refractivity contribution >= 4 is 17.3 Å². The number of non-ortho nitro benzene ring substituents is 1. The molecular weight excluding hydrogens is 416 g/mol. The van der Waals surface area contributed by atoms with Gasteiger partial charge in [-0.3, -0.25) is 10.1 Å². The van der Waals surface area contributed by atoms with Gasteiger partial charge in [0.1, 0.15) is 6.61 Å². The van der Waals surface area contributed by atoms with Gasteiger partial charge in [0.2, 0.25) is 0 Å². The maximum absolute atomic E-state index is 11.0. The van der Waals surface area contributed by atoms with E-state index in [2.05, 4.69) is 12.6 Å². The zero-order valence-electron chi connectivity index (χ0n) is 18.6. The van der Waals surface area contributed by atoms with Crippen molar-refractivity contribution < 1.29 is 14.4 Å². The predicted octanol–water partition coefficient (Wildman–Crippen LogP) is 6.28. The Balaban J connectivity index is 1.96. The summed E-state index contributed by atoms with van der Waals surface area (Å²) < 4.78 is 11.6. The Morgan fingerprint density at radius 1 is 1.18 bits per heavy atom. The minimum atomic E-state index is -0.435. The third-order valence-corrected chi connectivity index (χ3v) is 5.04. The standard InChI is InChI=1S/C27H24N2O4/c1-4-6-23-13-21(14-24(17-28)22-11-9-19(2)10-12-22)16-26(32-3)27(23)33-18-20-7-5-8-25(15-20)29(30)31/h4-5,7-16H,1,6,18H2,2-3H3/b24-14-. The van der Waals surface area contributed by atoms with E-state index in [1.165, 1.54) is 12.1 Å². The Bertz CT molecular complexity index is 1240. The fourth-order valence-corrected chi connectivity index (χ4v) is 3.38. The van der Waals surface area contributed by atoms with Crippen molar-refractivity contribution in [2.45, 2.75) is 20.0 Å². The molecule has 0 N–H and O–H groups in total. The molecule has 0 atom stereocenters. The van der Waals surface area contributed by atoms with Crippen LogP contribution in [0.1, 0.15) is 27.8 Å². The average molecular weight is 440 g/mol. The third-order valence-electron chi connectivity index (χ3n) is 5.04. The first-order chi connectivity index (χ1) is 15.9. The molecule has 0 aliphatic rings. The van der Waals surface area contributed by atoms with E-state index in [0.717, 1.165) is 22.3 Å². The van der Waals surface area contributed by atoms with Gasteiger partial charge in [-0.1, -0.05) is 48.0 Å². The van der Waals surface area contributed by atoms with E-state index in [-0.39, 0.29) is 12.3 Å². The normalized spacial score (nSPS) is 10.9. The number of nitriles is 1. The molecule has 3 aromatic rings. The number of hydrogen-bond donors (Lipinski definition) is 0. The van der Waals surface area contributed by atoms with Crippen molar-refractivity contribution in [1.29, 1.82) is 5.26 Å². The summed E-state index contributed by atoms with van der Waals surface area (Å²) in [6.07, 6.45) is 4.09. The van der Waals surface area contributed by atoms with Crippen LogP contribution in [0, 0.1) is 28.4 Å². The highest BCUT2D eigenvalue weighted by molar-refractivity contribution is 5.90. The van der Waals surface area contributed by atoms with Gasteiger partial charge in [-0.05, 0) is 48.2 Å². The lowest BCUT2D eigenvalue weighted by atomic mass is 10.00. The molecule has 0 unspecified atom stereocenters. The third kappa shape index (κ3) is 5.86. The summed E-state index contributed by atoms with van der Waals surface area (Å²) in [5.41, 5.74) is 4.80. The topological polar surface area (TPSA) is 85.4 Å². The SMILES string of the molecule is C=CCc1cc(/C=C(/C#N)c2ccc(C)cc2)cc(OC)c1OCc1cccc([N+](=O)[O-])c1. The van der Waals surface area contributed by atoms with Crippen molar-refractivity contribution in [1.82, 2.24) is 0 Å². The largest absolute Gasteiger partial charge is 0.493 e. The van der Waals surface area contributed by atoms with E-state index in [1.54, 1.807) is 31.4 Å². The van der Waals surface area contributed by atoms with Crippen LogP contribution in [0.3, 0.4) is 0 Å². The highest BCUT2D eigenvalue weighted by atomic mass is 16.6. The van der Waals surface area contributed by atoms with Gasteiger partial charge in [-0.2, -0.15) is 5.26 Å². The minimum absolute atomic E-state index is 0.00926. The Morgan fingerprint density at radius 3 is 2.58 bits per heavy atom. The number of methoxy groups -OCH3 is 1. The predicted molar refractivity (Wildman–Crippen MR) is 129 cm³/mol. The second kappa shape index (κ2) is 10.8. The lowest BCUT2D eigenvalue weighted by molar-refractivity contribution is -0.384.